The highest BCUT2D eigenvalue weighted by Gasteiger charge is 2.31. The molecule has 158 valence electrons. The Hall–Kier alpha value is -3.39. The minimum atomic E-state index is -0.217. The zero-order chi connectivity index (χ0) is 21.7. The van der Waals surface area contributed by atoms with Gasteiger partial charge in [0.1, 0.15) is 11.4 Å². The van der Waals surface area contributed by atoms with Crippen molar-refractivity contribution in [2.24, 2.45) is 0 Å². The molecule has 3 aromatic heterocycles. The topological polar surface area (TPSA) is 106 Å². The monoisotopic (exact) mass is 437 g/mol. The zero-order valence-corrected chi connectivity index (χ0v) is 17.9. The van der Waals surface area contributed by atoms with E-state index in [0.717, 1.165) is 23.9 Å². The van der Waals surface area contributed by atoms with Gasteiger partial charge >= 0.3 is 0 Å². The van der Waals surface area contributed by atoms with Crippen molar-refractivity contribution in [3.8, 4) is 0 Å². The fourth-order valence-corrected chi connectivity index (χ4v) is 4.38. The van der Waals surface area contributed by atoms with Crippen molar-refractivity contribution in [1.29, 1.82) is 0 Å². The number of carbonyl (C=O) groups excluding carboxylic acids is 1. The van der Waals surface area contributed by atoms with Gasteiger partial charge in [0.15, 0.2) is 0 Å². The first kappa shape index (κ1) is 19.6. The number of rotatable bonds is 5. The number of H-pyrrole nitrogens is 2. The lowest BCUT2D eigenvalue weighted by molar-refractivity contribution is -0.364. The van der Waals surface area contributed by atoms with E-state index in [-0.39, 0.29) is 23.6 Å². The molecule has 1 saturated carbocycles. The molecule has 0 spiro atoms. The molecule has 0 unspecified atom stereocenters. The number of hydrogen-bond acceptors (Lipinski definition) is 4. The van der Waals surface area contributed by atoms with Crippen molar-refractivity contribution in [3.63, 3.8) is 0 Å². The first-order chi connectivity index (χ1) is 15.0. The number of halogens is 1. The number of pyridine rings is 1. The van der Waals surface area contributed by atoms with Crippen molar-refractivity contribution in [1.82, 2.24) is 19.9 Å². The molecule has 1 aliphatic rings. The van der Waals surface area contributed by atoms with Gasteiger partial charge in [-0.1, -0.05) is 28.7 Å². The van der Waals surface area contributed by atoms with Crippen molar-refractivity contribution in [2.75, 3.05) is 12.4 Å². The van der Waals surface area contributed by atoms with Gasteiger partial charge in [-0.25, -0.2) is 4.98 Å². The Bertz CT molecular complexity index is 1390. The SMILES string of the molecule is CNC(=O)c1c[nH]c2nc[nH+]c(N[C@@H](C)c3cc4cccc(Cl)c4c(=O)n3C3CC3)c12. The fourth-order valence-electron chi connectivity index (χ4n) is 4.12. The van der Waals surface area contributed by atoms with Crippen LogP contribution < -0.4 is 21.2 Å². The van der Waals surface area contributed by atoms with E-state index in [9.17, 15) is 9.59 Å². The van der Waals surface area contributed by atoms with Crippen LogP contribution >= 0.6 is 11.6 Å². The summed E-state index contributed by atoms with van der Waals surface area (Å²) in [6.45, 7) is 2.00. The standard InChI is InChI=1S/C22H21ClN6O2/c1-11(28-20-18-14(21(30)24-2)9-25-19(18)26-10-27-20)16-8-12-4-3-5-15(23)17(12)22(31)29(16)13-6-7-13/h3-5,8-11,13H,6-7H2,1-2H3,(H,24,30)(H2,25,26,27,28)/p+1/t11-/m0/s1. The molecule has 1 atom stereocenters. The summed E-state index contributed by atoms with van der Waals surface area (Å²) in [7, 11) is 1.59. The van der Waals surface area contributed by atoms with Crippen LogP contribution in [0, 0.1) is 0 Å². The normalized spacial score (nSPS) is 14.7. The number of hydrogen-bond donors (Lipinski definition) is 3. The van der Waals surface area contributed by atoms with Crippen LogP contribution in [0.15, 0.2) is 41.6 Å². The van der Waals surface area contributed by atoms with Crippen molar-refractivity contribution in [3.05, 3.63) is 63.4 Å². The Morgan fingerprint density at radius 3 is 2.90 bits per heavy atom. The van der Waals surface area contributed by atoms with E-state index < -0.39 is 0 Å². The Balaban J connectivity index is 1.63. The minimum absolute atomic E-state index is 0.0641. The summed E-state index contributed by atoms with van der Waals surface area (Å²) in [6, 6.07) is 7.49. The van der Waals surface area contributed by atoms with Crippen LogP contribution in [0.5, 0.6) is 0 Å². The third-order valence-corrected chi connectivity index (χ3v) is 6.08. The molecule has 8 nitrogen and oxygen atoms in total. The number of nitrogens with one attached hydrogen (secondary N) is 4. The van der Waals surface area contributed by atoms with Gasteiger partial charge in [0.05, 0.1) is 21.7 Å². The average molecular weight is 438 g/mol. The number of anilines is 1. The molecular formula is C22H22ClN6O2+. The molecule has 0 aliphatic heterocycles. The van der Waals surface area contributed by atoms with E-state index >= 15 is 0 Å². The van der Waals surface area contributed by atoms with Crippen LogP contribution in [0.3, 0.4) is 0 Å². The lowest BCUT2D eigenvalue weighted by atomic mass is 10.1. The van der Waals surface area contributed by atoms with Gasteiger partial charge in [0.25, 0.3) is 11.5 Å². The number of aromatic amines is 2. The molecule has 4 aromatic rings. The van der Waals surface area contributed by atoms with Crippen molar-refractivity contribution >= 4 is 45.1 Å². The van der Waals surface area contributed by atoms with Gasteiger partial charge in [-0.05, 0) is 37.3 Å². The Kier molecular flexibility index (Phi) is 4.66. The molecule has 1 fully saturated rings. The predicted molar refractivity (Wildman–Crippen MR) is 120 cm³/mol. The number of carbonyl (C=O) groups is 1. The Labute approximate surface area is 182 Å². The number of benzene rings is 1. The summed E-state index contributed by atoms with van der Waals surface area (Å²) in [5, 5.41) is 8.60. The molecule has 0 radical (unpaired) electrons. The minimum Gasteiger partial charge on any atom is -0.355 e. The number of nitrogens with zero attached hydrogens (tertiary/aromatic N) is 2. The van der Waals surface area contributed by atoms with E-state index in [1.54, 1.807) is 25.6 Å². The molecule has 5 rings (SSSR count). The van der Waals surface area contributed by atoms with Gasteiger partial charge in [0.2, 0.25) is 17.8 Å². The van der Waals surface area contributed by atoms with E-state index in [1.807, 2.05) is 29.7 Å². The molecule has 1 amide bonds. The van der Waals surface area contributed by atoms with Crippen LogP contribution in [-0.4, -0.2) is 27.5 Å². The second-order valence-electron chi connectivity index (χ2n) is 7.83. The maximum atomic E-state index is 13.3. The van der Waals surface area contributed by atoms with Gasteiger partial charge in [0, 0.05) is 19.3 Å². The fraction of sp³-hybridized carbons (Fsp3) is 0.273. The van der Waals surface area contributed by atoms with E-state index in [1.165, 1.54) is 0 Å². The highest BCUT2D eigenvalue weighted by atomic mass is 35.5. The first-order valence-corrected chi connectivity index (χ1v) is 10.6. The highest BCUT2D eigenvalue weighted by molar-refractivity contribution is 6.35. The molecule has 1 aliphatic carbocycles. The Morgan fingerprint density at radius 2 is 2.16 bits per heavy atom. The average Bonchev–Trinajstić information content (AvgIpc) is 3.50. The smallest absolute Gasteiger partial charge is 0.260 e. The lowest BCUT2D eigenvalue weighted by Crippen LogP contribution is -2.27. The van der Waals surface area contributed by atoms with Crippen LogP contribution in [0.25, 0.3) is 21.8 Å². The van der Waals surface area contributed by atoms with Crippen LogP contribution in [0.4, 0.5) is 5.82 Å². The van der Waals surface area contributed by atoms with Gasteiger partial charge < -0.3 is 14.9 Å². The molecule has 0 bridgehead atoms. The molecule has 3 heterocycles. The molecule has 1 aromatic carbocycles. The molecule has 0 saturated heterocycles. The summed E-state index contributed by atoms with van der Waals surface area (Å²) in [6.07, 6.45) is 5.15. The summed E-state index contributed by atoms with van der Waals surface area (Å²) >= 11 is 6.35. The first-order valence-electron chi connectivity index (χ1n) is 10.2. The number of fused-ring (bicyclic) bond motifs is 2. The maximum Gasteiger partial charge on any atom is 0.260 e. The molecule has 4 N–H and O–H groups in total. The maximum absolute atomic E-state index is 13.3. The molecule has 9 heteroatoms. The largest absolute Gasteiger partial charge is 0.355 e. The summed E-state index contributed by atoms with van der Waals surface area (Å²) < 4.78 is 1.86. The number of aromatic nitrogens is 4. The van der Waals surface area contributed by atoms with Crippen molar-refractivity contribution < 1.29 is 9.78 Å². The van der Waals surface area contributed by atoms with Crippen molar-refractivity contribution in [2.45, 2.75) is 31.8 Å². The van der Waals surface area contributed by atoms with Crippen LogP contribution in [0.2, 0.25) is 5.02 Å². The highest BCUT2D eigenvalue weighted by Crippen LogP contribution is 2.38. The van der Waals surface area contributed by atoms with E-state index in [4.69, 9.17) is 11.6 Å². The molecular weight excluding hydrogens is 416 g/mol. The van der Waals surface area contributed by atoms with E-state index in [0.29, 0.717) is 32.8 Å². The van der Waals surface area contributed by atoms with Crippen LogP contribution in [0.1, 0.15) is 47.9 Å². The van der Waals surface area contributed by atoms with Gasteiger partial charge in [-0.15, -0.1) is 0 Å². The predicted octanol–water partition coefficient (Wildman–Crippen LogP) is 3.21. The Morgan fingerprint density at radius 1 is 1.35 bits per heavy atom. The van der Waals surface area contributed by atoms with E-state index in [2.05, 4.69) is 25.6 Å². The van der Waals surface area contributed by atoms with Gasteiger partial charge in [-0.2, -0.15) is 0 Å². The quantitative estimate of drug-likeness (QED) is 0.445. The summed E-state index contributed by atoms with van der Waals surface area (Å²) in [5.41, 5.74) is 1.89. The third kappa shape index (κ3) is 3.23. The number of amides is 1. The third-order valence-electron chi connectivity index (χ3n) is 5.76. The molecule has 31 heavy (non-hydrogen) atoms. The summed E-state index contributed by atoms with van der Waals surface area (Å²) in [4.78, 5) is 36.1. The lowest BCUT2D eigenvalue weighted by Gasteiger charge is -2.19. The zero-order valence-electron chi connectivity index (χ0n) is 17.1. The van der Waals surface area contributed by atoms with Gasteiger partial charge in [-0.3, -0.25) is 14.9 Å². The van der Waals surface area contributed by atoms with Crippen LogP contribution in [-0.2, 0) is 0 Å². The summed E-state index contributed by atoms with van der Waals surface area (Å²) in [5.74, 6) is 0.442. The second-order valence-corrected chi connectivity index (χ2v) is 8.24. The second kappa shape index (κ2) is 7.39.